The van der Waals surface area contributed by atoms with Crippen LogP contribution in [0, 0.1) is 5.92 Å². The van der Waals surface area contributed by atoms with Crippen molar-refractivity contribution in [3.63, 3.8) is 0 Å². The molecule has 2 aliphatic rings. The van der Waals surface area contributed by atoms with Crippen LogP contribution in [0.3, 0.4) is 0 Å². The quantitative estimate of drug-likeness (QED) is 0.834. The molecule has 1 amide bonds. The maximum absolute atomic E-state index is 12.4. The molecule has 0 aliphatic carbocycles. The molecule has 110 valence electrons. The molecule has 0 aromatic carbocycles. The monoisotopic (exact) mass is 267 g/mol. The molecule has 1 unspecified atom stereocenters. The first-order valence-electron chi connectivity index (χ1n) is 7.87. The minimum atomic E-state index is 0.343. The molecule has 2 rings (SSSR count). The zero-order chi connectivity index (χ0) is 13.7. The Kier molecular flexibility index (Phi) is 5.64. The molecule has 2 fully saturated rings. The molecule has 0 aromatic heterocycles. The van der Waals surface area contributed by atoms with Crippen molar-refractivity contribution in [1.29, 1.82) is 0 Å². The van der Waals surface area contributed by atoms with Crippen molar-refractivity contribution >= 4 is 5.91 Å². The second kappa shape index (κ2) is 7.25. The van der Waals surface area contributed by atoms with Crippen molar-refractivity contribution in [3.05, 3.63) is 0 Å². The first kappa shape index (κ1) is 14.8. The Balaban J connectivity index is 1.82. The maximum atomic E-state index is 12.4. The molecule has 0 aromatic rings. The summed E-state index contributed by atoms with van der Waals surface area (Å²) < 4.78 is 0. The maximum Gasteiger partial charge on any atom is 0.236 e. The Bertz CT molecular complexity index is 285. The zero-order valence-electron chi connectivity index (χ0n) is 12.5. The van der Waals surface area contributed by atoms with Gasteiger partial charge in [-0.05, 0) is 45.2 Å². The summed E-state index contributed by atoms with van der Waals surface area (Å²) in [5.41, 5.74) is 0. The summed E-state index contributed by atoms with van der Waals surface area (Å²) in [7, 11) is 2.00. The molecule has 0 saturated carbocycles. The third-order valence-corrected chi connectivity index (χ3v) is 4.66. The van der Waals surface area contributed by atoms with Gasteiger partial charge < -0.3 is 10.2 Å². The second-order valence-corrected chi connectivity index (χ2v) is 6.24. The highest BCUT2D eigenvalue weighted by atomic mass is 16.2. The van der Waals surface area contributed by atoms with Gasteiger partial charge in [-0.2, -0.15) is 0 Å². The van der Waals surface area contributed by atoms with E-state index in [2.05, 4.69) is 22.0 Å². The smallest absolute Gasteiger partial charge is 0.236 e. The largest absolute Gasteiger partial charge is 0.342 e. The fourth-order valence-corrected chi connectivity index (χ4v) is 3.27. The zero-order valence-corrected chi connectivity index (χ0v) is 12.5. The molecule has 0 bridgehead atoms. The molecule has 2 heterocycles. The molecule has 4 nitrogen and oxygen atoms in total. The van der Waals surface area contributed by atoms with Gasteiger partial charge in [-0.3, -0.25) is 9.69 Å². The highest BCUT2D eigenvalue weighted by Crippen LogP contribution is 2.19. The fraction of sp³-hybridized carbons (Fsp3) is 0.933. The molecular weight excluding hydrogens is 238 g/mol. The summed E-state index contributed by atoms with van der Waals surface area (Å²) >= 11 is 0. The molecule has 2 aliphatic heterocycles. The van der Waals surface area contributed by atoms with Gasteiger partial charge in [-0.1, -0.05) is 13.3 Å². The summed E-state index contributed by atoms with van der Waals surface area (Å²) in [6.45, 7) is 6.93. The van der Waals surface area contributed by atoms with E-state index >= 15 is 0 Å². The molecule has 0 spiro atoms. The number of nitrogens with one attached hydrogen (secondary N) is 1. The first-order chi connectivity index (χ1) is 9.20. The molecule has 4 heteroatoms. The molecule has 0 radical (unpaired) electrons. The summed E-state index contributed by atoms with van der Waals surface area (Å²) in [4.78, 5) is 16.9. The van der Waals surface area contributed by atoms with Crippen LogP contribution in [-0.4, -0.2) is 61.5 Å². The van der Waals surface area contributed by atoms with Gasteiger partial charge in [0.15, 0.2) is 0 Å². The highest BCUT2D eigenvalue weighted by molar-refractivity contribution is 5.78. The Morgan fingerprint density at radius 3 is 2.58 bits per heavy atom. The SMILES string of the molecule is CNCC1CCCCN1CC(=O)N1CCC(C)CC1. The topological polar surface area (TPSA) is 35.6 Å². The van der Waals surface area contributed by atoms with Crippen LogP contribution in [0.4, 0.5) is 0 Å². The number of piperidine rings is 2. The lowest BCUT2D eigenvalue weighted by molar-refractivity contribution is -0.134. The van der Waals surface area contributed by atoms with Crippen LogP contribution in [0.1, 0.15) is 39.0 Å². The Hall–Kier alpha value is -0.610. The number of amides is 1. The minimum absolute atomic E-state index is 0.343. The van der Waals surface area contributed by atoms with E-state index in [0.29, 0.717) is 18.5 Å². The van der Waals surface area contributed by atoms with Crippen molar-refractivity contribution in [3.8, 4) is 0 Å². The van der Waals surface area contributed by atoms with Gasteiger partial charge in [-0.15, -0.1) is 0 Å². The first-order valence-corrected chi connectivity index (χ1v) is 7.87. The lowest BCUT2D eigenvalue weighted by Gasteiger charge is -2.37. The van der Waals surface area contributed by atoms with Gasteiger partial charge in [0.05, 0.1) is 6.54 Å². The fourth-order valence-electron chi connectivity index (χ4n) is 3.27. The van der Waals surface area contributed by atoms with Crippen molar-refractivity contribution in [2.75, 3.05) is 39.8 Å². The van der Waals surface area contributed by atoms with E-state index in [1.165, 1.54) is 32.1 Å². The van der Waals surface area contributed by atoms with E-state index in [1.54, 1.807) is 0 Å². The molecule has 1 atom stereocenters. The Morgan fingerprint density at radius 2 is 1.89 bits per heavy atom. The summed E-state index contributed by atoms with van der Waals surface area (Å²) in [5.74, 6) is 1.13. The van der Waals surface area contributed by atoms with Crippen LogP contribution in [0.25, 0.3) is 0 Å². The van der Waals surface area contributed by atoms with Crippen molar-refractivity contribution in [2.45, 2.75) is 45.1 Å². The van der Waals surface area contributed by atoms with Gasteiger partial charge in [0, 0.05) is 25.7 Å². The lowest BCUT2D eigenvalue weighted by atomic mass is 9.99. The van der Waals surface area contributed by atoms with Crippen molar-refractivity contribution in [1.82, 2.24) is 15.1 Å². The van der Waals surface area contributed by atoms with Gasteiger partial charge in [-0.25, -0.2) is 0 Å². The number of hydrogen-bond donors (Lipinski definition) is 1. The number of carbonyl (C=O) groups is 1. The third kappa shape index (κ3) is 4.18. The van der Waals surface area contributed by atoms with Gasteiger partial charge in [0.25, 0.3) is 0 Å². The van der Waals surface area contributed by atoms with E-state index in [0.717, 1.165) is 32.1 Å². The Labute approximate surface area is 117 Å². The molecule has 1 N–H and O–H groups in total. The number of likely N-dealkylation sites (tertiary alicyclic amines) is 2. The molecule has 2 saturated heterocycles. The van der Waals surface area contributed by atoms with Gasteiger partial charge >= 0.3 is 0 Å². The number of hydrogen-bond acceptors (Lipinski definition) is 3. The highest BCUT2D eigenvalue weighted by Gasteiger charge is 2.27. The van der Waals surface area contributed by atoms with E-state index in [1.807, 2.05) is 7.05 Å². The minimum Gasteiger partial charge on any atom is -0.342 e. The van der Waals surface area contributed by atoms with E-state index < -0.39 is 0 Å². The normalized spacial score (nSPS) is 26.6. The predicted octanol–water partition coefficient (Wildman–Crippen LogP) is 1.32. The van der Waals surface area contributed by atoms with Crippen molar-refractivity contribution < 1.29 is 4.79 Å². The molecular formula is C15H29N3O. The van der Waals surface area contributed by atoms with Crippen LogP contribution >= 0.6 is 0 Å². The number of nitrogens with zero attached hydrogens (tertiary/aromatic N) is 2. The van der Waals surface area contributed by atoms with E-state index in [-0.39, 0.29) is 0 Å². The predicted molar refractivity (Wildman–Crippen MR) is 78.1 cm³/mol. The van der Waals surface area contributed by atoms with Crippen LogP contribution in [0.2, 0.25) is 0 Å². The second-order valence-electron chi connectivity index (χ2n) is 6.24. The van der Waals surface area contributed by atoms with Crippen LogP contribution in [0.5, 0.6) is 0 Å². The average molecular weight is 267 g/mol. The summed E-state index contributed by atoms with van der Waals surface area (Å²) in [5, 5.41) is 3.26. The van der Waals surface area contributed by atoms with E-state index in [9.17, 15) is 4.79 Å². The van der Waals surface area contributed by atoms with Crippen molar-refractivity contribution in [2.24, 2.45) is 5.92 Å². The van der Waals surface area contributed by atoms with Crippen LogP contribution in [-0.2, 0) is 4.79 Å². The summed E-state index contributed by atoms with van der Waals surface area (Å²) in [6, 6.07) is 0.548. The van der Waals surface area contributed by atoms with E-state index in [4.69, 9.17) is 0 Å². The van der Waals surface area contributed by atoms with Crippen LogP contribution in [0.15, 0.2) is 0 Å². The average Bonchev–Trinajstić information content (AvgIpc) is 2.42. The lowest BCUT2D eigenvalue weighted by Crippen LogP contribution is -2.50. The number of likely N-dealkylation sites (N-methyl/N-ethyl adjacent to an activating group) is 1. The standard InChI is InChI=1S/C15H29N3O/c1-13-6-9-17(10-7-13)15(19)12-18-8-4-3-5-14(18)11-16-2/h13-14,16H,3-12H2,1-2H3. The molecule has 19 heavy (non-hydrogen) atoms. The summed E-state index contributed by atoms with van der Waals surface area (Å²) in [6.07, 6.45) is 6.12. The number of rotatable bonds is 4. The number of carbonyl (C=O) groups excluding carboxylic acids is 1. The van der Waals surface area contributed by atoms with Crippen LogP contribution < -0.4 is 5.32 Å². The van der Waals surface area contributed by atoms with Gasteiger partial charge in [0.2, 0.25) is 5.91 Å². The van der Waals surface area contributed by atoms with Gasteiger partial charge in [0.1, 0.15) is 0 Å². The Morgan fingerprint density at radius 1 is 1.16 bits per heavy atom. The third-order valence-electron chi connectivity index (χ3n) is 4.66.